The van der Waals surface area contributed by atoms with Crippen molar-refractivity contribution in [3.8, 4) is 0 Å². The number of carbonyl (C=O) groups excluding carboxylic acids is 1. The number of nitrogens with zero attached hydrogens (tertiary/aromatic N) is 1. The van der Waals surface area contributed by atoms with Crippen LogP contribution in [0.15, 0.2) is 36.5 Å². The Balaban J connectivity index is 2.24. The van der Waals surface area contributed by atoms with Crippen LogP contribution < -0.4 is 0 Å². The maximum absolute atomic E-state index is 13.4. The van der Waals surface area contributed by atoms with Crippen molar-refractivity contribution < 1.29 is 13.6 Å². The predicted octanol–water partition coefficient (Wildman–Crippen LogP) is 3.44. The maximum atomic E-state index is 13.4. The summed E-state index contributed by atoms with van der Waals surface area (Å²) in [5.74, 6) is -1.88. The molecule has 1 heterocycles. The number of hydrogen-bond acceptors (Lipinski definition) is 2. The van der Waals surface area contributed by atoms with E-state index in [4.69, 9.17) is 11.6 Å². The van der Waals surface area contributed by atoms with Crippen LogP contribution in [0, 0.1) is 11.6 Å². The second-order valence-corrected chi connectivity index (χ2v) is 4.06. The summed E-state index contributed by atoms with van der Waals surface area (Å²) in [6, 6.07) is 6.41. The molecule has 1 aromatic carbocycles. The Morgan fingerprint density at radius 2 is 1.83 bits per heavy atom. The second-order valence-electron chi connectivity index (χ2n) is 3.67. The normalized spacial score (nSPS) is 10.4. The molecule has 0 atom stereocenters. The predicted molar refractivity (Wildman–Crippen MR) is 63.6 cm³/mol. The summed E-state index contributed by atoms with van der Waals surface area (Å²) < 4.78 is 26.7. The van der Waals surface area contributed by atoms with Crippen LogP contribution in [0.2, 0.25) is 5.15 Å². The second kappa shape index (κ2) is 5.23. The van der Waals surface area contributed by atoms with E-state index in [1.165, 1.54) is 24.4 Å². The first-order valence-electron chi connectivity index (χ1n) is 5.15. The van der Waals surface area contributed by atoms with Gasteiger partial charge in [0.2, 0.25) is 0 Å². The van der Waals surface area contributed by atoms with E-state index in [2.05, 4.69) is 4.98 Å². The Morgan fingerprint density at radius 3 is 2.39 bits per heavy atom. The van der Waals surface area contributed by atoms with Gasteiger partial charge in [0.15, 0.2) is 5.78 Å². The van der Waals surface area contributed by atoms with Crippen LogP contribution in [0.1, 0.15) is 15.9 Å². The van der Waals surface area contributed by atoms with Gasteiger partial charge in [-0.15, -0.1) is 0 Å². The largest absolute Gasteiger partial charge is 0.294 e. The molecule has 0 bridgehead atoms. The number of hydrogen-bond donors (Lipinski definition) is 0. The lowest BCUT2D eigenvalue weighted by Gasteiger charge is -2.04. The van der Waals surface area contributed by atoms with Crippen molar-refractivity contribution in [1.29, 1.82) is 0 Å². The molecule has 0 spiro atoms. The highest BCUT2D eigenvalue weighted by molar-refractivity contribution is 6.29. The quantitative estimate of drug-likeness (QED) is 0.630. The Hall–Kier alpha value is -1.81. The fourth-order valence-corrected chi connectivity index (χ4v) is 1.62. The van der Waals surface area contributed by atoms with Gasteiger partial charge in [-0.2, -0.15) is 0 Å². The third kappa shape index (κ3) is 2.71. The zero-order chi connectivity index (χ0) is 13.1. The summed E-state index contributed by atoms with van der Waals surface area (Å²) in [5.41, 5.74) is 0.0273. The average Bonchev–Trinajstić information content (AvgIpc) is 2.34. The van der Waals surface area contributed by atoms with Crippen molar-refractivity contribution in [2.75, 3.05) is 0 Å². The summed E-state index contributed by atoms with van der Waals surface area (Å²) >= 11 is 5.58. The van der Waals surface area contributed by atoms with Crippen LogP contribution >= 0.6 is 11.6 Å². The van der Waals surface area contributed by atoms with Crippen molar-refractivity contribution >= 4 is 17.4 Å². The van der Waals surface area contributed by atoms with Gasteiger partial charge < -0.3 is 0 Å². The summed E-state index contributed by atoms with van der Waals surface area (Å²) in [6.45, 7) is 0. The van der Waals surface area contributed by atoms with Gasteiger partial charge in [-0.3, -0.25) is 4.79 Å². The topological polar surface area (TPSA) is 30.0 Å². The third-order valence-electron chi connectivity index (χ3n) is 2.45. The van der Waals surface area contributed by atoms with Gasteiger partial charge in [0, 0.05) is 23.7 Å². The number of Topliss-reactive ketones (excluding diaryl/α,β-unsaturated/α-hetero) is 1. The lowest BCUT2D eigenvalue weighted by Crippen LogP contribution is -2.07. The van der Waals surface area contributed by atoms with Gasteiger partial charge in [-0.05, 0) is 24.3 Å². The smallest absolute Gasteiger partial charge is 0.169 e. The van der Waals surface area contributed by atoms with Crippen LogP contribution in [0.25, 0.3) is 0 Å². The minimum Gasteiger partial charge on any atom is -0.294 e. The number of halogens is 3. The standard InChI is InChI=1S/C13H8ClF2NO/c14-13-5-4-8(7-17-13)12(18)6-9-10(15)2-1-3-11(9)16/h1-5,7H,6H2. The molecule has 0 aliphatic rings. The van der Waals surface area contributed by atoms with E-state index in [1.807, 2.05) is 0 Å². The highest BCUT2D eigenvalue weighted by Gasteiger charge is 2.14. The molecule has 0 fully saturated rings. The molecule has 0 unspecified atom stereocenters. The Morgan fingerprint density at radius 1 is 1.17 bits per heavy atom. The first-order chi connectivity index (χ1) is 8.58. The van der Waals surface area contributed by atoms with E-state index in [1.54, 1.807) is 0 Å². The molecule has 1 aromatic heterocycles. The molecule has 2 nitrogen and oxygen atoms in total. The minimum absolute atomic E-state index is 0.238. The third-order valence-corrected chi connectivity index (χ3v) is 2.67. The number of carbonyl (C=O) groups is 1. The van der Waals surface area contributed by atoms with Crippen molar-refractivity contribution in [3.63, 3.8) is 0 Å². The lowest BCUT2D eigenvalue weighted by molar-refractivity contribution is 0.0990. The van der Waals surface area contributed by atoms with E-state index in [-0.39, 0.29) is 22.7 Å². The van der Waals surface area contributed by atoms with Crippen LogP contribution in [-0.2, 0) is 6.42 Å². The summed E-state index contributed by atoms with van der Waals surface area (Å²) in [6.07, 6.45) is 0.936. The molecule has 0 aliphatic carbocycles. The number of pyridine rings is 1. The first kappa shape index (κ1) is 12.6. The first-order valence-corrected chi connectivity index (χ1v) is 5.53. The number of rotatable bonds is 3. The van der Waals surface area contributed by atoms with Crippen LogP contribution in [0.3, 0.4) is 0 Å². The van der Waals surface area contributed by atoms with Gasteiger partial charge >= 0.3 is 0 Å². The Kier molecular flexibility index (Phi) is 3.67. The van der Waals surface area contributed by atoms with E-state index in [0.29, 0.717) is 0 Å². The zero-order valence-electron chi connectivity index (χ0n) is 9.16. The maximum Gasteiger partial charge on any atom is 0.169 e. The molecule has 0 radical (unpaired) electrons. The van der Waals surface area contributed by atoms with Crippen molar-refractivity contribution in [1.82, 2.24) is 4.98 Å². The van der Waals surface area contributed by atoms with Crippen molar-refractivity contribution in [2.45, 2.75) is 6.42 Å². The number of aromatic nitrogens is 1. The van der Waals surface area contributed by atoms with Gasteiger partial charge in [-0.1, -0.05) is 17.7 Å². The highest BCUT2D eigenvalue weighted by atomic mass is 35.5. The SMILES string of the molecule is O=C(Cc1c(F)cccc1F)c1ccc(Cl)nc1. The summed E-state index contributed by atoms with van der Waals surface area (Å²) in [7, 11) is 0. The molecule has 2 rings (SSSR count). The summed E-state index contributed by atoms with van der Waals surface area (Å²) in [5, 5.41) is 0.253. The van der Waals surface area contributed by atoms with Crippen molar-refractivity contribution in [2.24, 2.45) is 0 Å². The zero-order valence-corrected chi connectivity index (χ0v) is 9.92. The number of ketones is 1. The molecular weight excluding hydrogens is 260 g/mol. The van der Waals surface area contributed by atoms with Crippen LogP contribution in [-0.4, -0.2) is 10.8 Å². The van der Waals surface area contributed by atoms with E-state index in [0.717, 1.165) is 12.1 Å². The monoisotopic (exact) mass is 267 g/mol. The molecule has 92 valence electrons. The molecule has 0 amide bonds. The molecular formula is C13H8ClF2NO. The molecule has 5 heteroatoms. The Labute approximate surface area is 107 Å². The van der Waals surface area contributed by atoms with E-state index >= 15 is 0 Å². The molecule has 18 heavy (non-hydrogen) atoms. The fraction of sp³-hybridized carbons (Fsp3) is 0.0769. The van der Waals surface area contributed by atoms with Crippen LogP contribution in [0.5, 0.6) is 0 Å². The highest BCUT2D eigenvalue weighted by Crippen LogP contribution is 2.15. The van der Waals surface area contributed by atoms with Crippen molar-refractivity contribution in [3.05, 3.63) is 64.4 Å². The van der Waals surface area contributed by atoms with Gasteiger partial charge in [0.05, 0.1) is 0 Å². The lowest BCUT2D eigenvalue weighted by atomic mass is 10.0. The van der Waals surface area contributed by atoms with Gasteiger partial charge in [-0.25, -0.2) is 13.8 Å². The molecule has 0 N–H and O–H groups in total. The number of benzene rings is 1. The molecule has 0 saturated heterocycles. The fourth-order valence-electron chi connectivity index (χ4n) is 1.50. The summed E-state index contributed by atoms with van der Waals surface area (Å²) in [4.78, 5) is 15.6. The minimum atomic E-state index is -0.731. The van der Waals surface area contributed by atoms with E-state index < -0.39 is 17.4 Å². The van der Waals surface area contributed by atoms with Crippen LogP contribution in [0.4, 0.5) is 8.78 Å². The molecule has 0 saturated carbocycles. The average molecular weight is 268 g/mol. The molecule has 0 aliphatic heterocycles. The Bertz CT molecular complexity index is 564. The molecule has 2 aromatic rings. The van der Waals surface area contributed by atoms with Gasteiger partial charge in [0.25, 0.3) is 0 Å². The van der Waals surface area contributed by atoms with E-state index in [9.17, 15) is 13.6 Å². The van der Waals surface area contributed by atoms with Gasteiger partial charge in [0.1, 0.15) is 16.8 Å².